The van der Waals surface area contributed by atoms with Crippen LogP contribution in [0.3, 0.4) is 0 Å². The van der Waals surface area contributed by atoms with E-state index < -0.39 is 17.2 Å². The average Bonchev–Trinajstić information content (AvgIpc) is 2.83. The van der Waals surface area contributed by atoms with Crippen LogP contribution in [0.15, 0.2) is 18.2 Å². The summed E-state index contributed by atoms with van der Waals surface area (Å²) < 4.78 is 26.4. The van der Waals surface area contributed by atoms with E-state index in [1.165, 1.54) is 6.07 Å². The molecule has 0 aromatic heterocycles. The molecule has 2 N–H and O–H groups in total. The maximum absolute atomic E-state index is 13.5. The first-order valence-corrected chi connectivity index (χ1v) is 6.59. The number of rotatable bonds is 4. The lowest BCUT2D eigenvalue weighted by atomic mass is 9.91. The van der Waals surface area contributed by atoms with Crippen molar-refractivity contribution in [3.05, 3.63) is 29.8 Å². The molecule has 5 heteroatoms. The molecule has 1 aromatic carbocycles. The zero-order valence-corrected chi connectivity index (χ0v) is 10.9. The fraction of sp³-hybridized carbons (Fsp3) is 0.500. The van der Waals surface area contributed by atoms with Gasteiger partial charge >= 0.3 is 0 Å². The molecular formula is C14H18F2N2O. The first-order valence-electron chi connectivity index (χ1n) is 6.59. The van der Waals surface area contributed by atoms with Crippen LogP contribution in [0, 0.1) is 11.6 Å². The third kappa shape index (κ3) is 2.92. The van der Waals surface area contributed by atoms with Crippen molar-refractivity contribution in [2.45, 2.75) is 38.1 Å². The molecule has 0 bridgehead atoms. The summed E-state index contributed by atoms with van der Waals surface area (Å²) in [5, 5.41) is 5.78. The van der Waals surface area contributed by atoms with Crippen molar-refractivity contribution in [1.29, 1.82) is 0 Å². The molecule has 1 aliphatic rings. The Balaban J connectivity index is 2.15. The minimum absolute atomic E-state index is 0.0237. The average molecular weight is 268 g/mol. The van der Waals surface area contributed by atoms with Gasteiger partial charge < -0.3 is 10.6 Å². The monoisotopic (exact) mass is 268 g/mol. The third-order valence-corrected chi connectivity index (χ3v) is 3.53. The van der Waals surface area contributed by atoms with E-state index in [1.54, 1.807) is 0 Å². The number of anilines is 1. The van der Waals surface area contributed by atoms with Gasteiger partial charge in [0.15, 0.2) is 0 Å². The number of halogens is 2. The number of nitrogens with one attached hydrogen (secondary N) is 2. The summed E-state index contributed by atoms with van der Waals surface area (Å²) in [7, 11) is 0. The van der Waals surface area contributed by atoms with Crippen molar-refractivity contribution in [3.8, 4) is 0 Å². The molecular weight excluding hydrogens is 250 g/mol. The lowest BCUT2D eigenvalue weighted by Crippen LogP contribution is -2.50. The summed E-state index contributed by atoms with van der Waals surface area (Å²) in [6, 6.07) is 3.15. The minimum Gasteiger partial charge on any atom is -0.322 e. The second-order valence-corrected chi connectivity index (χ2v) is 4.94. The first-order chi connectivity index (χ1) is 9.07. The van der Waals surface area contributed by atoms with Gasteiger partial charge in [0, 0.05) is 6.07 Å². The molecule has 3 nitrogen and oxygen atoms in total. The molecule has 0 spiro atoms. The quantitative estimate of drug-likeness (QED) is 0.881. The van der Waals surface area contributed by atoms with Crippen LogP contribution in [0.5, 0.6) is 0 Å². The van der Waals surface area contributed by atoms with Crippen molar-refractivity contribution >= 4 is 11.6 Å². The van der Waals surface area contributed by atoms with Crippen LogP contribution in [0.4, 0.5) is 14.5 Å². The van der Waals surface area contributed by atoms with Gasteiger partial charge in [0.25, 0.3) is 0 Å². The van der Waals surface area contributed by atoms with Crippen molar-refractivity contribution in [3.63, 3.8) is 0 Å². The standard InChI is InChI=1S/C14H18F2N2O/c1-2-6-14(7-3-8-17-14)13(19)18-12-5-4-10(15)9-11(12)16/h4-5,9,17H,2-3,6-8H2,1H3,(H,18,19). The van der Waals surface area contributed by atoms with Gasteiger partial charge in [-0.2, -0.15) is 0 Å². The molecule has 0 saturated carbocycles. The molecule has 19 heavy (non-hydrogen) atoms. The van der Waals surface area contributed by atoms with Gasteiger partial charge in [-0.15, -0.1) is 0 Å². The molecule has 0 radical (unpaired) electrons. The van der Waals surface area contributed by atoms with Gasteiger partial charge in [-0.25, -0.2) is 8.78 Å². The van der Waals surface area contributed by atoms with Gasteiger partial charge in [0.1, 0.15) is 11.6 Å². The maximum atomic E-state index is 13.5. The van der Waals surface area contributed by atoms with Crippen LogP contribution in [-0.2, 0) is 4.79 Å². The lowest BCUT2D eigenvalue weighted by Gasteiger charge is -2.27. The topological polar surface area (TPSA) is 41.1 Å². The van der Waals surface area contributed by atoms with Crippen LogP contribution < -0.4 is 10.6 Å². The molecule has 1 unspecified atom stereocenters. The maximum Gasteiger partial charge on any atom is 0.244 e. The normalized spacial score (nSPS) is 22.5. The van der Waals surface area contributed by atoms with Crippen LogP contribution in [0.1, 0.15) is 32.6 Å². The Bertz CT molecular complexity index is 471. The lowest BCUT2D eigenvalue weighted by molar-refractivity contribution is -0.122. The highest BCUT2D eigenvalue weighted by molar-refractivity contribution is 5.98. The summed E-state index contributed by atoms with van der Waals surface area (Å²) in [6.07, 6.45) is 3.25. The van der Waals surface area contributed by atoms with Gasteiger partial charge in [0.05, 0.1) is 11.2 Å². The van der Waals surface area contributed by atoms with Crippen LogP contribution in [-0.4, -0.2) is 18.0 Å². The number of benzene rings is 1. The molecule has 1 heterocycles. The number of hydrogen-bond donors (Lipinski definition) is 2. The Kier molecular flexibility index (Phi) is 4.14. The highest BCUT2D eigenvalue weighted by atomic mass is 19.1. The smallest absolute Gasteiger partial charge is 0.244 e. The number of carbonyl (C=O) groups excluding carboxylic acids is 1. The van der Waals surface area contributed by atoms with E-state index in [-0.39, 0.29) is 11.6 Å². The third-order valence-electron chi connectivity index (χ3n) is 3.53. The first kappa shape index (κ1) is 13.9. The zero-order valence-electron chi connectivity index (χ0n) is 10.9. The van der Waals surface area contributed by atoms with E-state index in [4.69, 9.17) is 0 Å². The van der Waals surface area contributed by atoms with E-state index >= 15 is 0 Å². The summed E-state index contributed by atoms with van der Waals surface area (Å²) in [5.41, 5.74) is -0.592. The van der Waals surface area contributed by atoms with Crippen molar-refractivity contribution in [1.82, 2.24) is 5.32 Å². The zero-order chi connectivity index (χ0) is 13.9. The summed E-state index contributed by atoms with van der Waals surface area (Å²) in [5.74, 6) is -1.65. The highest BCUT2D eigenvalue weighted by Crippen LogP contribution is 2.27. The van der Waals surface area contributed by atoms with Crippen molar-refractivity contribution < 1.29 is 13.6 Å². The fourth-order valence-electron chi connectivity index (χ4n) is 2.59. The molecule has 104 valence electrons. The van der Waals surface area contributed by atoms with E-state index in [9.17, 15) is 13.6 Å². The van der Waals surface area contributed by atoms with Gasteiger partial charge in [-0.1, -0.05) is 13.3 Å². The second-order valence-electron chi connectivity index (χ2n) is 4.94. The van der Waals surface area contributed by atoms with Crippen LogP contribution >= 0.6 is 0 Å². The predicted octanol–water partition coefficient (Wildman–Crippen LogP) is 2.83. The largest absolute Gasteiger partial charge is 0.322 e. The Morgan fingerprint density at radius 3 is 2.84 bits per heavy atom. The highest BCUT2D eigenvalue weighted by Gasteiger charge is 2.40. The summed E-state index contributed by atoms with van der Waals surface area (Å²) in [6.45, 7) is 2.80. The molecule has 1 saturated heterocycles. The molecule has 1 aromatic rings. The number of carbonyl (C=O) groups is 1. The van der Waals surface area contributed by atoms with E-state index in [1.807, 2.05) is 6.92 Å². The van der Waals surface area contributed by atoms with Crippen molar-refractivity contribution in [2.24, 2.45) is 0 Å². The Hall–Kier alpha value is -1.49. The second kappa shape index (κ2) is 5.65. The molecule has 0 aliphatic carbocycles. The fourth-order valence-corrected chi connectivity index (χ4v) is 2.59. The molecule has 1 amide bonds. The van der Waals surface area contributed by atoms with Gasteiger partial charge in [0.2, 0.25) is 5.91 Å². The number of hydrogen-bond acceptors (Lipinski definition) is 2. The molecule has 1 aliphatic heterocycles. The van der Waals surface area contributed by atoms with Crippen LogP contribution in [0.2, 0.25) is 0 Å². The minimum atomic E-state index is -0.752. The Morgan fingerprint density at radius 2 is 2.26 bits per heavy atom. The SMILES string of the molecule is CCCC1(C(=O)Nc2ccc(F)cc2F)CCCN1. The predicted molar refractivity (Wildman–Crippen MR) is 69.9 cm³/mol. The molecule has 2 rings (SSSR count). The Labute approximate surface area is 111 Å². The van der Waals surface area contributed by atoms with Gasteiger partial charge in [-0.3, -0.25) is 4.79 Å². The van der Waals surface area contributed by atoms with E-state index in [2.05, 4.69) is 10.6 Å². The van der Waals surface area contributed by atoms with E-state index in [0.29, 0.717) is 6.42 Å². The summed E-state index contributed by atoms with van der Waals surface area (Å²) in [4.78, 5) is 12.3. The van der Waals surface area contributed by atoms with Crippen molar-refractivity contribution in [2.75, 3.05) is 11.9 Å². The molecule has 1 fully saturated rings. The van der Waals surface area contributed by atoms with Crippen LogP contribution in [0.25, 0.3) is 0 Å². The Morgan fingerprint density at radius 1 is 1.47 bits per heavy atom. The number of amides is 1. The summed E-state index contributed by atoms with van der Waals surface area (Å²) >= 11 is 0. The van der Waals surface area contributed by atoms with E-state index in [0.717, 1.165) is 37.9 Å². The van der Waals surface area contributed by atoms with Gasteiger partial charge in [-0.05, 0) is 37.9 Å². The molecule has 1 atom stereocenters.